The highest BCUT2D eigenvalue weighted by molar-refractivity contribution is 14.1. The van der Waals surface area contributed by atoms with E-state index in [4.69, 9.17) is 18.9 Å². The summed E-state index contributed by atoms with van der Waals surface area (Å²) in [5.74, 6) is 2.65. The van der Waals surface area contributed by atoms with Crippen molar-refractivity contribution in [3.05, 3.63) is 117 Å². The average molecular weight is 930 g/mol. The first-order valence-corrected chi connectivity index (χ1v) is 18.6. The molecular formula is C37H41I3O4. The zero-order valence-electron chi connectivity index (χ0n) is 25.8. The van der Waals surface area contributed by atoms with Crippen LogP contribution < -0.4 is 14.2 Å². The molecule has 5 rings (SSSR count). The maximum absolute atomic E-state index is 6.38. The minimum atomic E-state index is 0.518. The van der Waals surface area contributed by atoms with E-state index >= 15 is 0 Å². The van der Waals surface area contributed by atoms with Gasteiger partial charge in [0.25, 0.3) is 0 Å². The Bertz CT molecular complexity index is 1250. The lowest BCUT2D eigenvalue weighted by atomic mass is 9.84. The lowest BCUT2D eigenvalue weighted by Gasteiger charge is -2.26. The molecule has 7 heteroatoms. The van der Waals surface area contributed by atoms with Crippen molar-refractivity contribution < 1.29 is 18.9 Å². The highest BCUT2D eigenvalue weighted by Crippen LogP contribution is 2.33. The number of hydrogen-bond donors (Lipinski definition) is 0. The second-order valence-corrected chi connectivity index (χ2v) is 14.2. The third-order valence-electron chi connectivity index (χ3n) is 7.66. The molecule has 0 unspecified atom stereocenters. The van der Waals surface area contributed by atoms with Crippen molar-refractivity contribution in [2.45, 2.75) is 72.7 Å². The monoisotopic (exact) mass is 930 g/mol. The Labute approximate surface area is 304 Å². The Morgan fingerprint density at radius 3 is 0.932 bits per heavy atom. The van der Waals surface area contributed by atoms with Crippen molar-refractivity contribution in [2.75, 3.05) is 13.2 Å². The van der Waals surface area contributed by atoms with Crippen LogP contribution in [0.5, 0.6) is 17.2 Å². The summed E-state index contributed by atoms with van der Waals surface area (Å²) in [5.41, 5.74) is 7.78. The van der Waals surface area contributed by atoms with E-state index in [1.54, 1.807) is 0 Å². The van der Waals surface area contributed by atoms with Gasteiger partial charge in [-0.15, -0.1) is 0 Å². The molecule has 0 aliphatic carbocycles. The third kappa shape index (κ3) is 10.2. The van der Waals surface area contributed by atoms with Gasteiger partial charge in [0.2, 0.25) is 0 Å². The van der Waals surface area contributed by atoms with Gasteiger partial charge in [0, 0.05) is 23.9 Å². The maximum atomic E-state index is 6.38. The van der Waals surface area contributed by atoms with Crippen LogP contribution in [0.15, 0.2) is 72.8 Å². The van der Waals surface area contributed by atoms with Crippen LogP contribution in [-0.4, -0.2) is 13.2 Å². The third-order valence-corrected chi connectivity index (χ3v) is 9.82. The molecule has 0 saturated carbocycles. The molecule has 4 aromatic rings. The van der Waals surface area contributed by atoms with E-state index in [-0.39, 0.29) is 0 Å². The lowest BCUT2D eigenvalue weighted by molar-refractivity contribution is 0.198. The largest absolute Gasteiger partial charge is 0.489 e. The summed E-state index contributed by atoms with van der Waals surface area (Å²) in [6.45, 7) is 10.3. The molecule has 0 aromatic heterocycles. The van der Waals surface area contributed by atoms with Gasteiger partial charge in [-0.1, -0.05) is 20.8 Å². The van der Waals surface area contributed by atoms with E-state index in [1.807, 2.05) is 36.4 Å². The molecular weight excluding hydrogens is 889 g/mol. The summed E-state index contributed by atoms with van der Waals surface area (Å²) in [7, 11) is 0. The van der Waals surface area contributed by atoms with Gasteiger partial charge in [-0.3, -0.25) is 0 Å². The molecule has 0 atom stereocenters. The Balaban J connectivity index is 0.000000802. The fraction of sp³-hybridized carbons (Fsp3) is 0.351. The van der Waals surface area contributed by atoms with Crippen LogP contribution in [-0.2, 0) is 43.8 Å². The molecule has 0 bridgehead atoms. The maximum Gasteiger partial charge on any atom is 0.119 e. The van der Waals surface area contributed by atoms with Gasteiger partial charge in [-0.25, -0.2) is 0 Å². The Kier molecular flexibility index (Phi) is 14.9. The van der Waals surface area contributed by atoms with Crippen LogP contribution in [0.3, 0.4) is 0 Å². The topological polar surface area (TPSA) is 36.9 Å². The van der Waals surface area contributed by atoms with Crippen LogP contribution in [0.4, 0.5) is 0 Å². The van der Waals surface area contributed by atoms with Gasteiger partial charge in [-0.05, 0) is 206 Å². The van der Waals surface area contributed by atoms with Crippen LogP contribution in [0.1, 0.15) is 67.0 Å². The molecule has 44 heavy (non-hydrogen) atoms. The number of rotatable bonds is 12. The Morgan fingerprint density at radius 1 is 0.455 bits per heavy atom. The number of benzene rings is 4. The van der Waals surface area contributed by atoms with Gasteiger partial charge in [0.05, 0.1) is 0 Å². The molecule has 0 spiro atoms. The van der Waals surface area contributed by atoms with Crippen LogP contribution in [0.25, 0.3) is 0 Å². The number of ether oxygens (including phenoxy) is 4. The smallest absolute Gasteiger partial charge is 0.119 e. The van der Waals surface area contributed by atoms with E-state index in [1.165, 1.54) is 56.9 Å². The van der Waals surface area contributed by atoms with E-state index < -0.39 is 0 Å². The summed E-state index contributed by atoms with van der Waals surface area (Å²) in [6.07, 6.45) is 5.29. The summed E-state index contributed by atoms with van der Waals surface area (Å²) in [5, 5.41) is 0. The zero-order valence-corrected chi connectivity index (χ0v) is 32.2. The second-order valence-electron chi connectivity index (χ2n) is 10.5. The van der Waals surface area contributed by atoms with Crippen molar-refractivity contribution in [3.8, 4) is 17.2 Å². The quantitative estimate of drug-likeness (QED) is 0.133. The van der Waals surface area contributed by atoms with E-state index in [0.29, 0.717) is 19.8 Å². The van der Waals surface area contributed by atoms with E-state index in [2.05, 4.69) is 125 Å². The van der Waals surface area contributed by atoms with Crippen LogP contribution in [0.2, 0.25) is 0 Å². The summed E-state index contributed by atoms with van der Waals surface area (Å²) < 4.78 is 27.7. The number of halogens is 3. The highest BCUT2D eigenvalue weighted by Gasteiger charge is 2.23. The molecule has 4 nitrogen and oxygen atoms in total. The fourth-order valence-corrected chi connectivity index (χ4v) is 6.54. The first kappa shape index (κ1) is 35.3. The summed E-state index contributed by atoms with van der Waals surface area (Å²) in [6, 6.07) is 24.7. The molecule has 4 aromatic carbocycles. The first-order chi connectivity index (χ1) is 21.4. The van der Waals surface area contributed by atoms with Crippen LogP contribution in [0, 0.1) is 10.7 Å². The summed E-state index contributed by atoms with van der Waals surface area (Å²) in [4.78, 5) is 0. The molecule has 0 radical (unpaired) electrons. The minimum absolute atomic E-state index is 0.518. The molecule has 1 aliphatic rings. The van der Waals surface area contributed by atoms with Crippen molar-refractivity contribution in [1.82, 2.24) is 0 Å². The predicted molar refractivity (Wildman–Crippen MR) is 205 cm³/mol. The van der Waals surface area contributed by atoms with E-state index in [9.17, 15) is 0 Å². The van der Waals surface area contributed by atoms with Crippen molar-refractivity contribution in [2.24, 2.45) is 0 Å². The molecule has 0 N–H and O–H groups in total. The first-order valence-electron chi connectivity index (χ1n) is 15.3. The van der Waals surface area contributed by atoms with Gasteiger partial charge >= 0.3 is 0 Å². The van der Waals surface area contributed by atoms with Gasteiger partial charge in [-0.2, -0.15) is 0 Å². The molecule has 1 aliphatic heterocycles. The molecule has 1 fully saturated rings. The van der Waals surface area contributed by atoms with Gasteiger partial charge < -0.3 is 18.9 Å². The molecule has 0 amide bonds. The predicted octanol–water partition coefficient (Wildman–Crippen LogP) is 10.7. The number of hydrogen-bond acceptors (Lipinski definition) is 4. The van der Waals surface area contributed by atoms with Crippen molar-refractivity contribution >= 4 is 67.8 Å². The van der Waals surface area contributed by atoms with E-state index in [0.717, 1.165) is 49.7 Å². The minimum Gasteiger partial charge on any atom is -0.489 e. The van der Waals surface area contributed by atoms with Crippen LogP contribution >= 0.6 is 67.8 Å². The fourth-order valence-electron chi connectivity index (χ4n) is 5.47. The average Bonchev–Trinajstić information content (AvgIpc) is 3.64. The summed E-state index contributed by atoms with van der Waals surface area (Å²) >= 11 is 6.97. The van der Waals surface area contributed by atoms with Crippen molar-refractivity contribution in [1.29, 1.82) is 0 Å². The van der Waals surface area contributed by atoms with Gasteiger partial charge in [0.15, 0.2) is 0 Å². The standard InChI is InChI=1S/C33H33I3O3.C4H8O/c1-4-28-31(19-37-25-13-7-22(34)8-14-25)29(5-2)33(21-39-27-17-11-24(36)12-18-27)30(6-3)32(28)20-38-26-15-9-23(35)10-16-26;1-2-4-5-3-1/h7-18H,4-6,19-21H2,1-3H3;1-4H2. The Hall–Kier alpha value is -1.57. The molecule has 234 valence electrons. The molecule has 1 saturated heterocycles. The normalized spacial score (nSPS) is 12.4. The zero-order chi connectivity index (χ0) is 31.3. The van der Waals surface area contributed by atoms with Gasteiger partial charge in [0.1, 0.15) is 37.1 Å². The highest BCUT2D eigenvalue weighted by atomic mass is 127. The SMILES string of the molecule is C1CCOC1.CCc1c(COc2ccc(I)cc2)c(CC)c(COc2ccc(I)cc2)c(CC)c1COc1ccc(I)cc1. The molecule has 1 heterocycles. The second kappa shape index (κ2) is 18.5. The Morgan fingerprint density at radius 2 is 0.727 bits per heavy atom. The van der Waals surface area contributed by atoms with Crippen molar-refractivity contribution in [3.63, 3.8) is 0 Å². The lowest BCUT2D eigenvalue weighted by Crippen LogP contribution is -2.17.